The summed E-state index contributed by atoms with van der Waals surface area (Å²) >= 11 is 0. The van der Waals surface area contributed by atoms with E-state index in [0.717, 1.165) is 0 Å². The smallest absolute Gasteiger partial charge is 0.405 e. The first-order chi connectivity index (χ1) is 15.0. The van der Waals surface area contributed by atoms with Crippen LogP contribution in [0.25, 0.3) is 33.4 Å². The van der Waals surface area contributed by atoms with Crippen LogP contribution < -0.4 is 15.9 Å². The van der Waals surface area contributed by atoms with Crippen LogP contribution in [0.15, 0.2) is 84.9 Å². The zero-order chi connectivity index (χ0) is 21.2. The molecule has 0 saturated carbocycles. The molecule has 0 bridgehead atoms. The van der Waals surface area contributed by atoms with Crippen LogP contribution in [0.2, 0.25) is 0 Å². The maximum absolute atomic E-state index is 3.73. The van der Waals surface area contributed by atoms with Crippen LogP contribution >= 0.6 is 0 Å². The number of hydrogen-bond donors (Lipinski definition) is 2. The Morgan fingerprint density at radius 3 is 1.84 bits per heavy atom. The second kappa shape index (κ2) is 6.52. The number of rotatable bonds is 1. The summed E-state index contributed by atoms with van der Waals surface area (Å²) in [6.45, 7) is 6.85. The van der Waals surface area contributed by atoms with Crippen LogP contribution in [0.1, 0.15) is 26.3 Å². The topological polar surface area (TPSA) is 24.1 Å². The van der Waals surface area contributed by atoms with Gasteiger partial charge in [0.1, 0.15) is 0 Å². The molecular weight excluding hydrogens is 375 g/mol. The largest absolute Gasteiger partial charge is 0.407 e. The molecule has 3 heteroatoms. The van der Waals surface area contributed by atoms with E-state index in [-0.39, 0.29) is 12.4 Å². The summed E-state index contributed by atoms with van der Waals surface area (Å²) in [5, 5.41) is 7.46. The third-order valence-corrected chi connectivity index (χ3v) is 6.61. The molecule has 0 saturated heterocycles. The van der Waals surface area contributed by atoms with Crippen molar-refractivity contribution in [1.29, 1.82) is 0 Å². The normalized spacial score (nSPS) is 13.5. The predicted octanol–water partition coefficient (Wildman–Crippen LogP) is 6.53. The summed E-state index contributed by atoms with van der Waals surface area (Å²) in [4.78, 5) is 0. The molecular formula is C28H25BN2. The SMILES string of the molecule is CC(C)(C)c1ccc(-c2ccc3c4c2-c2ccccc2NB4Nc2ccccc2-3)cc1. The van der Waals surface area contributed by atoms with Gasteiger partial charge in [0.2, 0.25) is 0 Å². The van der Waals surface area contributed by atoms with E-state index in [0.29, 0.717) is 0 Å². The van der Waals surface area contributed by atoms with Gasteiger partial charge in [0, 0.05) is 22.5 Å². The van der Waals surface area contributed by atoms with Gasteiger partial charge in [0.15, 0.2) is 0 Å². The summed E-state index contributed by atoms with van der Waals surface area (Å²) in [6.07, 6.45) is 0. The molecule has 4 aromatic rings. The number of fused-ring (bicyclic) bond motifs is 4. The van der Waals surface area contributed by atoms with Crippen molar-refractivity contribution >= 4 is 23.8 Å². The van der Waals surface area contributed by atoms with Crippen LogP contribution in [0.5, 0.6) is 0 Å². The highest BCUT2D eigenvalue weighted by atomic mass is 15.0. The maximum Gasteiger partial charge on any atom is 0.407 e. The molecule has 0 spiro atoms. The zero-order valence-corrected chi connectivity index (χ0v) is 18.2. The van der Waals surface area contributed by atoms with Gasteiger partial charge in [0.25, 0.3) is 0 Å². The van der Waals surface area contributed by atoms with E-state index in [1.807, 2.05) is 0 Å². The minimum atomic E-state index is 0.0589. The Balaban J connectivity index is 1.62. The van der Waals surface area contributed by atoms with Gasteiger partial charge < -0.3 is 10.5 Å². The molecule has 0 fully saturated rings. The lowest BCUT2D eigenvalue weighted by atomic mass is 9.56. The van der Waals surface area contributed by atoms with E-state index < -0.39 is 0 Å². The number of benzene rings is 4. The lowest BCUT2D eigenvalue weighted by Gasteiger charge is -2.35. The monoisotopic (exact) mass is 400 g/mol. The third kappa shape index (κ3) is 2.80. The summed E-state index contributed by atoms with van der Waals surface area (Å²) in [6, 6.07) is 31.0. The van der Waals surface area contributed by atoms with E-state index >= 15 is 0 Å². The Morgan fingerprint density at radius 1 is 0.581 bits per heavy atom. The molecule has 2 aliphatic rings. The summed E-state index contributed by atoms with van der Waals surface area (Å²) in [7, 11) is 0. The quantitative estimate of drug-likeness (QED) is 0.355. The van der Waals surface area contributed by atoms with E-state index in [1.165, 1.54) is 55.8 Å². The number of para-hydroxylation sites is 2. The second-order valence-corrected chi connectivity index (χ2v) is 9.59. The lowest BCUT2D eigenvalue weighted by molar-refractivity contribution is 0.590. The molecule has 0 amide bonds. The number of hydrogen-bond acceptors (Lipinski definition) is 2. The average molecular weight is 400 g/mol. The highest BCUT2D eigenvalue weighted by molar-refractivity contribution is 6.83. The minimum Gasteiger partial charge on any atom is -0.405 e. The van der Waals surface area contributed by atoms with E-state index in [1.54, 1.807) is 0 Å². The molecule has 2 nitrogen and oxygen atoms in total. The van der Waals surface area contributed by atoms with Gasteiger partial charge in [0.05, 0.1) is 0 Å². The minimum absolute atomic E-state index is 0.0589. The number of anilines is 2. The predicted molar refractivity (Wildman–Crippen MR) is 134 cm³/mol. The number of nitrogens with one attached hydrogen (secondary N) is 2. The maximum atomic E-state index is 3.73. The van der Waals surface area contributed by atoms with Crippen LogP contribution in [0.3, 0.4) is 0 Å². The Kier molecular flexibility index (Phi) is 3.85. The molecule has 0 radical (unpaired) electrons. The van der Waals surface area contributed by atoms with Crippen molar-refractivity contribution in [3.05, 3.63) is 90.5 Å². The molecule has 2 aliphatic heterocycles. The summed E-state index contributed by atoms with van der Waals surface area (Å²) in [5.41, 5.74) is 13.0. The fourth-order valence-corrected chi connectivity index (χ4v) is 5.00. The molecule has 0 atom stereocenters. The fraction of sp³-hybridized carbons (Fsp3) is 0.143. The van der Waals surface area contributed by atoms with Crippen LogP contribution in [0, 0.1) is 0 Å². The van der Waals surface area contributed by atoms with Gasteiger partial charge in [-0.15, -0.1) is 0 Å². The Morgan fingerprint density at radius 2 is 1.16 bits per heavy atom. The molecule has 4 aromatic carbocycles. The van der Waals surface area contributed by atoms with Crippen molar-refractivity contribution in [2.24, 2.45) is 0 Å². The standard InChI is InChI=1S/C28H25BN2/c1-28(2,3)19-14-12-18(13-15-19)20-16-17-22-21-8-4-6-10-24(21)30-29-27(22)26(20)23-9-5-7-11-25(23)31-29/h4-17,30-31H,1-3H3. The Bertz CT molecular complexity index is 1310. The molecule has 6 rings (SSSR count). The first-order valence-corrected chi connectivity index (χ1v) is 11.0. The first kappa shape index (κ1) is 18.3. The summed E-state index contributed by atoms with van der Waals surface area (Å²) < 4.78 is 0. The zero-order valence-electron chi connectivity index (χ0n) is 18.2. The molecule has 31 heavy (non-hydrogen) atoms. The molecule has 0 aliphatic carbocycles. The van der Waals surface area contributed by atoms with Crippen LogP contribution in [0.4, 0.5) is 11.4 Å². The molecule has 0 aromatic heterocycles. The second-order valence-electron chi connectivity index (χ2n) is 9.59. The first-order valence-electron chi connectivity index (χ1n) is 11.0. The third-order valence-electron chi connectivity index (χ3n) is 6.61. The van der Waals surface area contributed by atoms with E-state index in [2.05, 4.69) is 116 Å². The fourth-order valence-electron chi connectivity index (χ4n) is 5.00. The van der Waals surface area contributed by atoms with Crippen molar-refractivity contribution in [3.8, 4) is 33.4 Å². The van der Waals surface area contributed by atoms with Crippen molar-refractivity contribution in [2.75, 3.05) is 10.5 Å². The molecule has 150 valence electrons. The van der Waals surface area contributed by atoms with Crippen molar-refractivity contribution in [3.63, 3.8) is 0 Å². The van der Waals surface area contributed by atoms with Crippen molar-refractivity contribution in [1.82, 2.24) is 0 Å². The molecule has 2 heterocycles. The lowest BCUT2D eigenvalue weighted by Crippen LogP contribution is -2.52. The average Bonchev–Trinajstić information content (AvgIpc) is 2.78. The van der Waals surface area contributed by atoms with Gasteiger partial charge in [-0.3, -0.25) is 0 Å². The molecule has 2 N–H and O–H groups in total. The van der Waals surface area contributed by atoms with E-state index in [4.69, 9.17) is 0 Å². The highest BCUT2D eigenvalue weighted by Crippen LogP contribution is 2.43. The molecule has 0 unspecified atom stereocenters. The van der Waals surface area contributed by atoms with Crippen LogP contribution in [-0.4, -0.2) is 6.98 Å². The van der Waals surface area contributed by atoms with Gasteiger partial charge in [-0.2, -0.15) is 0 Å². The van der Waals surface area contributed by atoms with Crippen molar-refractivity contribution < 1.29 is 0 Å². The highest BCUT2D eigenvalue weighted by Gasteiger charge is 2.36. The van der Waals surface area contributed by atoms with E-state index in [9.17, 15) is 0 Å². The Labute approximate surface area is 184 Å². The van der Waals surface area contributed by atoms with Gasteiger partial charge in [-0.1, -0.05) is 93.6 Å². The van der Waals surface area contributed by atoms with Gasteiger partial charge in [-0.25, -0.2) is 0 Å². The van der Waals surface area contributed by atoms with Gasteiger partial charge >= 0.3 is 6.98 Å². The Hall–Kier alpha value is -3.46. The van der Waals surface area contributed by atoms with Gasteiger partial charge in [-0.05, 0) is 50.8 Å². The summed E-state index contributed by atoms with van der Waals surface area (Å²) in [5.74, 6) is 0. The van der Waals surface area contributed by atoms with Crippen molar-refractivity contribution in [2.45, 2.75) is 26.2 Å². The van der Waals surface area contributed by atoms with Crippen LogP contribution in [-0.2, 0) is 5.41 Å².